The van der Waals surface area contributed by atoms with E-state index in [0.717, 1.165) is 37.3 Å². The average molecular weight is 430 g/mol. The summed E-state index contributed by atoms with van der Waals surface area (Å²) in [7, 11) is 2.14. The third kappa shape index (κ3) is 4.36. The van der Waals surface area contributed by atoms with Crippen molar-refractivity contribution in [1.82, 2.24) is 14.9 Å². The van der Waals surface area contributed by atoms with E-state index in [2.05, 4.69) is 65.2 Å². The van der Waals surface area contributed by atoms with E-state index in [1.54, 1.807) is 11.6 Å². The number of hydrogen-bond acceptors (Lipinski definition) is 3. The third-order valence-electron chi connectivity index (χ3n) is 7.03. The lowest BCUT2D eigenvalue weighted by molar-refractivity contribution is -0.124. The minimum Gasteiger partial charge on any atom is -0.350 e. The Hall–Kier alpha value is -2.89. The number of aryl methyl sites for hydroxylation is 2. The zero-order chi connectivity index (χ0) is 22.1. The maximum atomic E-state index is 11.3. The van der Waals surface area contributed by atoms with Gasteiger partial charge >= 0.3 is 0 Å². The van der Waals surface area contributed by atoms with E-state index in [9.17, 15) is 4.79 Å². The Labute approximate surface area is 189 Å². The maximum absolute atomic E-state index is 11.3. The van der Waals surface area contributed by atoms with Crippen LogP contribution in [0.4, 0.5) is 0 Å². The van der Waals surface area contributed by atoms with Crippen LogP contribution in [-0.2, 0) is 24.7 Å². The first-order valence-electron chi connectivity index (χ1n) is 11.6. The molecule has 0 spiro atoms. The highest BCUT2D eigenvalue weighted by atomic mass is 16.5. The van der Waals surface area contributed by atoms with Crippen LogP contribution in [0.25, 0.3) is 17.0 Å². The molecule has 5 nitrogen and oxygen atoms in total. The molecule has 0 aliphatic heterocycles. The van der Waals surface area contributed by atoms with Gasteiger partial charge in [-0.2, -0.15) is 0 Å². The Morgan fingerprint density at radius 3 is 2.88 bits per heavy atom. The molecule has 2 aromatic carbocycles. The second-order valence-corrected chi connectivity index (χ2v) is 9.29. The number of carbonyl (C=O) groups is 1. The van der Waals surface area contributed by atoms with Gasteiger partial charge in [0.2, 0.25) is 0 Å². The molecule has 2 aliphatic rings. The predicted molar refractivity (Wildman–Crippen MR) is 127 cm³/mol. The van der Waals surface area contributed by atoms with Gasteiger partial charge in [0.15, 0.2) is 0 Å². The lowest BCUT2D eigenvalue weighted by Gasteiger charge is -2.30. The summed E-state index contributed by atoms with van der Waals surface area (Å²) < 4.78 is 2.24. The molecule has 1 saturated carbocycles. The summed E-state index contributed by atoms with van der Waals surface area (Å²) in [5.41, 5.74) is 8.20. The molecule has 1 unspecified atom stereocenters. The van der Waals surface area contributed by atoms with Gasteiger partial charge in [0, 0.05) is 49.4 Å². The predicted octanol–water partition coefficient (Wildman–Crippen LogP) is 4.64. The Bertz CT molecular complexity index is 1160. The summed E-state index contributed by atoms with van der Waals surface area (Å²) in [6.45, 7) is 2.26. The van der Waals surface area contributed by atoms with Crippen molar-refractivity contribution in [3.8, 4) is 0 Å². The Morgan fingerprint density at radius 2 is 2.06 bits per heavy atom. The van der Waals surface area contributed by atoms with E-state index in [1.807, 2.05) is 0 Å². The summed E-state index contributed by atoms with van der Waals surface area (Å²) in [5, 5.41) is 10.0. The van der Waals surface area contributed by atoms with Crippen LogP contribution in [0, 0.1) is 5.92 Å². The number of benzene rings is 2. The van der Waals surface area contributed by atoms with Crippen LogP contribution in [0.1, 0.15) is 47.6 Å². The molecule has 5 rings (SSSR count). The van der Waals surface area contributed by atoms with Crippen LogP contribution in [0.15, 0.2) is 54.7 Å². The van der Waals surface area contributed by atoms with Crippen LogP contribution < -0.4 is 5.48 Å². The van der Waals surface area contributed by atoms with Gasteiger partial charge in [0.05, 0.1) is 0 Å². The van der Waals surface area contributed by atoms with Crippen molar-refractivity contribution in [2.45, 2.75) is 38.1 Å². The zero-order valence-corrected chi connectivity index (χ0v) is 18.6. The van der Waals surface area contributed by atoms with E-state index < -0.39 is 5.91 Å². The molecular weight excluding hydrogens is 398 g/mol. The number of amides is 1. The maximum Gasteiger partial charge on any atom is 0.267 e. The van der Waals surface area contributed by atoms with E-state index in [1.165, 1.54) is 53.1 Å². The number of nitrogens with zero attached hydrogens (tertiary/aromatic N) is 2. The Morgan fingerprint density at radius 1 is 1.22 bits per heavy atom. The third-order valence-corrected chi connectivity index (χ3v) is 7.03. The van der Waals surface area contributed by atoms with Crippen molar-refractivity contribution in [2.75, 3.05) is 13.1 Å². The Balaban J connectivity index is 1.34. The lowest BCUT2D eigenvalue weighted by Crippen LogP contribution is -2.31. The van der Waals surface area contributed by atoms with E-state index in [-0.39, 0.29) is 0 Å². The number of fused-ring (bicyclic) bond motifs is 2. The van der Waals surface area contributed by atoms with Crippen LogP contribution >= 0.6 is 0 Å². The van der Waals surface area contributed by atoms with Gasteiger partial charge in [-0.3, -0.25) is 14.9 Å². The molecule has 0 bridgehead atoms. The molecule has 1 atom stereocenters. The molecule has 0 radical (unpaired) electrons. The van der Waals surface area contributed by atoms with E-state index >= 15 is 0 Å². The smallest absolute Gasteiger partial charge is 0.267 e. The summed E-state index contributed by atoms with van der Waals surface area (Å²) in [6, 6.07) is 15.7. The van der Waals surface area contributed by atoms with Crippen molar-refractivity contribution >= 4 is 22.9 Å². The van der Waals surface area contributed by atoms with Crippen molar-refractivity contribution in [1.29, 1.82) is 0 Å². The molecule has 166 valence electrons. The molecule has 1 aromatic heterocycles. The largest absolute Gasteiger partial charge is 0.350 e. The van der Waals surface area contributed by atoms with Crippen LogP contribution in [-0.4, -0.2) is 33.7 Å². The SMILES string of the molecule is Cn1cc(CCN(CC2CC2)C2CCc3cc(C=CC(=O)NO)ccc32)c2ccccc21. The molecule has 3 aromatic rings. The summed E-state index contributed by atoms with van der Waals surface area (Å²) >= 11 is 0. The number of nitrogens with one attached hydrogen (secondary N) is 1. The molecule has 1 heterocycles. The molecule has 1 amide bonds. The summed E-state index contributed by atoms with van der Waals surface area (Å²) in [4.78, 5) is 14.0. The summed E-state index contributed by atoms with van der Waals surface area (Å²) in [6.07, 6.45) is 11.4. The van der Waals surface area contributed by atoms with Gasteiger partial charge < -0.3 is 4.57 Å². The first-order chi connectivity index (χ1) is 15.6. The number of hydroxylamine groups is 1. The van der Waals surface area contributed by atoms with Crippen LogP contribution in [0.2, 0.25) is 0 Å². The molecule has 1 fully saturated rings. The van der Waals surface area contributed by atoms with Gasteiger partial charge in [-0.1, -0.05) is 36.4 Å². The minimum atomic E-state index is -0.507. The normalized spacial score (nSPS) is 18.0. The second kappa shape index (κ2) is 8.93. The highest BCUT2D eigenvalue weighted by Crippen LogP contribution is 2.40. The lowest BCUT2D eigenvalue weighted by atomic mass is 10.0. The topological polar surface area (TPSA) is 57.5 Å². The fraction of sp³-hybridized carbons (Fsp3) is 0.370. The number of hydrogen-bond donors (Lipinski definition) is 2. The van der Waals surface area contributed by atoms with Crippen molar-refractivity contribution in [3.63, 3.8) is 0 Å². The molecule has 0 saturated heterocycles. The molecule has 5 heteroatoms. The van der Waals surface area contributed by atoms with Crippen molar-refractivity contribution in [3.05, 3.63) is 77.0 Å². The van der Waals surface area contributed by atoms with Crippen molar-refractivity contribution in [2.24, 2.45) is 13.0 Å². The molecule has 2 N–H and O–H groups in total. The standard InChI is InChI=1S/C27H31N3O2/c1-29-18-22(23-4-2-3-5-25(23)29)14-15-30(17-20-6-7-20)26-12-10-21-16-19(8-11-24(21)26)9-13-27(31)28-32/h2-5,8-9,11,13,16,18,20,26,32H,6-7,10,12,14-15,17H2,1H3,(H,28,31). The minimum absolute atomic E-state index is 0.472. The molecule has 32 heavy (non-hydrogen) atoms. The van der Waals surface area contributed by atoms with E-state index in [4.69, 9.17) is 5.21 Å². The number of aromatic nitrogens is 1. The molecular formula is C27H31N3O2. The van der Waals surface area contributed by atoms with Crippen LogP contribution in [0.5, 0.6) is 0 Å². The van der Waals surface area contributed by atoms with Crippen LogP contribution in [0.3, 0.4) is 0 Å². The van der Waals surface area contributed by atoms with Gasteiger partial charge in [0.25, 0.3) is 5.91 Å². The summed E-state index contributed by atoms with van der Waals surface area (Å²) in [5.74, 6) is 0.346. The number of rotatable bonds is 8. The van der Waals surface area contributed by atoms with Gasteiger partial charge in [-0.05, 0) is 72.4 Å². The van der Waals surface area contributed by atoms with Gasteiger partial charge in [-0.15, -0.1) is 0 Å². The monoisotopic (exact) mass is 429 g/mol. The fourth-order valence-corrected chi connectivity index (χ4v) is 5.20. The van der Waals surface area contributed by atoms with E-state index in [0.29, 0.717) is 6.04 Å². The second-order valence-electron chi connectivity index (χ2n) is 9.29. The first kappa shape index (κ1) is 21.0. The fourth-order valence-electron chi connectivity index (χ4n) is 5.20. The highest BCUT2D eigenvalue weighted by molar-refractivity contribution is 5.90. The van der Waals surface area contributed by atoms with Crippen molar-refractivity contribution < 1.29 is 10.0 Å². The zero-order valence-electron chi connectivity index (χ0n) is 18.6. The number of para-hydroxylation sites is 1. The molecule has 2 aliphatic carbocycles. The van der Waals surface area contributed by atoms with Gasteiger partial charge in [0.1, 0.15) is 0 Å². The highest BCUT2D eigenvalue weighted by Gasteiger charge is 2.32. The quantitative estimate of drug-likeness (QED) is 0.312. The Kier molecular flexibility index (Phi) is 5.85. The first-order valence-corrected chi connectivity index (χ1v) is 11.6. The number of carbonyl (C=O) groups excluding carboxylic acids is 1. The van der Waals surface area contributed by atoms with Gasteiger partial charge in [-0.25, -0.2) is 5.48 Å². The average Bonchev–Trinajstić information content (AvgIpc) is 3.45.